The first-order valence-electron chi connectivity index (χ1n) is 6.40. The van der Waals surface area contributed by atoms with Crippen molar-refractivity contribution in [3.63, 3.8) is 0 Å². The Kier molecular flexibility index (Phi) is 7.05. The van der Waals surface area contributed by atoms with E-state index in [1.807, 2.05) is 13.8 Å². The lowest BCUT2D eigenvalue weighted by Gasteiger charge is -2.14. The van der Waals surface area contributed by atoms with Gasteiger partial charge in [-0.25, -0.2) is 4.98 Å². The summed E-state index contributed by atoms with van der Waals surface area (Å²) in [5, 5.41) is 0.242. The van der Waals surface area contributed by atoms with Gasteiger partial charge >= 0.3 is 0 Å². The molecule has 0 aliphatic heterocycles. The van der Waals surface area contributed by atoms with Crippen LogP contribution in [0.5, 0.6) is 0 Å². The van der Waals surface area contributed by atoms with Gasteiger partial charge in [0.25, 0.3) is 5.56 Å². The third-order valence-electron chi connectivity index (χ3n) is 2.62. The van der Waals surface area contributed by atoms with Crippen molar-refractivity contribution in [3.05, 3.63) is 27.4 Å². The van der Waals surface area contributed by atoms with Crippen molar-refractivity contribution in [2.24, 2.45) is 0 Å². The normalized spacial score (nSPS) is 11.2. The zero-order chi connectivity index (χ0) is 14.3. The summed E-state index contributed by atoms with van der Waals surface area (Å²) in [7, 11) is 1.66. The largest absolute Gasteiger partial charge is 0.385 e. The second-order valence-electron chi connectivity index (χ2n) is 4.54. The maximum atomic E-state index is 11.9. The third kappa shape index (κ3) is 5.30. The Morgan fingerprint density at radius 1 is 1.37 bits per heavy atom. The van der Waals surface area contributed by atoms with E-state index in [4.69, 9.17) is 21.1 Å². The smallest absolute Gasteiger partial charge is 0.255 e. The van der Waals surface area contributed by atoms with Crippen LogP contribution in [0.15, 0.2) is 10.9 Å². The molecule has 0 atom stereocenters. The van der Waals surface area contributed by atoms with Crippen LogP contribution in [0.3, 0.4) is 0 Å². The van der Waals surface area contributed by atoms with E-state index in [1.165, 1.54) is 6.07 Å². The number of halogens is 1. The molecule has 1 heterocycles. The summed E-state index contributed by atoms with van der Waals surface area (Å²) in [4.78, 5) is 16.1. The van der Waals surface area contributed by atoms with Gasteiger partial charge in [0.05, 0.1) is 13.2 Å². The predicted molar refractivity (Wildman–Crippen MR) is 74.9 cm³/mol. The Balaban J connectivity index is 2.60. The lowest BCUT2D eigenvalue weighted by atomic mass is 10.2. The van der Waals surface area contributed by atoms with E-state index in [9.17, 15) is 4.79 Å². The van der Waals surface area contributed by atoms with Crippen molar-refractivity contribution in [3.8, 4) is 0 Å². The minimum absolute atomic E-state index is 0.135. The van der Waals surface area contributed by atoms with Crippen LogP contribution in [0.4, 0.5) is 0 Å². The molecule has 0 radical (unpaired) electrons. The first-order chi connectivity index (χ1) is 9.06. The van der Waals surface area contributed by atoms with E-state index in [-0.39, 0.29) is 16.6 Å². The second-order valence-corrected chi connectivity index (χ2v) is 4.93. The third-order valence-corrected chi connectivity index (χ3v) is 2.81. The van der Waals surface area contributed by atoms with E-state index >= 15 is 0 Å². The number of ether oxygens (including phenoxy) is 2. The number of methoxy groups -OCH3 is 1. The van der Waals surface area contributed by atoms with Crippen LogP contribution in [0.1, 0.15) is 32.0 Å². The average Bonchev–Trinajstić information content (AvgIpc) is 2.34. The maximum Gasteiger partial charge on any atom is 0.255 e. The number of hydrogen-bond donors (Lipinski definition) is 0. The van der Waals surface area contributed by atoms with Crippen LogP contribution in [0.25, 0.3) is 0 Å². The molecule has 0 spiro atoms. The van der Waals surface area contributed by atoms with Crippen LogP contribution in [-0.4, -0.2) is 36.5 Å². The molecule has 0 aromatic carbocycles. The van der Waals surface area contributed by atoms with Gasteiger partial charge in [0.2, 0.25) is 0 Å². The zero-order valence-electron chi connectivity index (χ0n) is 11.7. The lowest BCUT2D eigenvalue weighted by molar-refractivity contribution is 0.0965. The summed E-state index contributed by atoms with van der Waals surface area (Å²) in [5.74, 6) is 0.831. The number of nitrogens with zero attached hydrogens (tertiary/aromatic N) is 2. The minimum Gasteiger partial charge on any atom is -0.385 e. The Hall–Kier alpha value is -0.910. The summed E-state index contributed by atoms with van der Waals surface area (Å²) < 4.78 is 12.0. The maximum absolute atomic E-state index is 11.9. The van der Waals surface area contributed by atoms with E-state index in [2.05, 4.69) is 4.98 Å². The first kappa shape index (κ1) is 16.1. The topological polar surface area (TPSA) is 53.4 Å². The molecule has 0 aliphatic carbocycles. The molecule has 1 rings (SSSR count). The van der Waals surface area contributed by atoms with Crippen LogP contribution >= 0.6 is 11.6 Å². The van der Waals surface area contributed by atoms with Gasteiger partial charge in [-0.15, -0.1) is 0 Å². The minimum atomic E-state index is -0.135. The highest BCUT2D eigenvalue weighted by atomic mass is 35.5. The first-order valence-corrected chi connectivity index (χ1v) is 6.78. The molecule has 108 valence electrons. The molecule has 0 unspecified atom stereocenters. The molecule has 0 saturated heterocycles. The van der Waals surface area contributed by atoms with Crippen molar-refractivity contribution in [2.75, 3.05) is 26.9 Å². The van der Waals surface area contributed by atoms with Gasteiger partial charge < -0.3 is 9.47 Å². The van der Waals surface area contributed by atoms with Crippen LogP contribution in [0, 0.1) is 0 Å². The Bertz CT molecular complexity index is 446. The van der Waals surface area contributed by atoms with Gasteiger partial charge in [-0.3, -0.25) is 9.36 Å². The second kappa shape index (κ2) is 8.30. The molecular weight excluding hydrogens is 268 g/mol. The molecule has 0 amide bonds. The summed E-state index contributed by atoms with van der Waals surface area (Å²) in [5.41, 5.74) is -0.135. The Morgan fingerprint density at radius 3 is 2.74 bits per heavy atom. The molecule has 5 nitrogen and oxygen atoms in total. The number of rotatable bonds is 8. The van der Waals surface area contributed by atoms with Crippen molar-refractivity contribution in [2.45, 2.75) is 32.7 Å². The highest BCUT2D eigenvalue weighted by Gasteiger charge is 2.11. The molecule has 0 saturated carbocycles. The quantitative estimate of drug-likeness (QED) is 0.543. The van der Waals surface area contributed by atoms with Crippen molar-refractivity contribution >= 4 is 11.6 Å². The van der Waals surface area contributed by atoms with E-state index < -0.39 is 0 Å². The summed E-state index contributed by atoms with van der Waals surface area (Å²) in [6.45, 7) is 6.23. The molecule has 1 aromatic rings. The molecule has 1 aromatic heterocycles. The highest BCUT2D eigenvalue weighted by molar-refractivity contribution is 6.29. The monoisotopic (exact) mass is 288 g/mol. The SMILES string of the molecule is COCCCOCCn1c(C(C)C)nc(Cl)cc1=O. The zero-order valence-corrected chi connectivity index (χ0v) is 12.4. The number of hydrogen-bond acceptors (Lipinski definition) is 4. The van der Waals surface area contributed by atoms with E-state index in [0.29, 0.717) is 32.2 Å². The van der Waals surface area contributed by atoms with Gasteiger partial charge in [0.1, 0.15) is 11.0 Å². The van der Waals surface area contributed by atoms with Gasteiger partial charge in [-0.2, -0.15) is 0 Å². The molecule has 0 aliphatic rings. The molecule has 6 heteroatoms. The van der Waals surface area contributed by atoms with Crippen LogP contribution < -0.4 is 5.56 Å². The van der Waals surface area contributed by atoms with Gasteiger partial charge in [0.15, 0.2) is 0 Å². The molecular formula is C13H21ClN2O3. The highest BCUT2D eigenvalue weighted by Crippen LogP contribution is 2.12. The predicted octanol–water partition coefficient (Wildman–Crippen LogP) is 2.07. The fourth-order valence-corrected chi connectivity index (χ4v) is 1.90. The summed E-state index contributed by atoms with van der Waals surface area (Å²) >= 11 is 5.82. The molecule has 0 bridgehead atoms. The average molecular weight is 289 g/mol. The van der Waals surface area contributed by atoms with Crippen molar-refractivity contribution in [1.29, 1.82) is 0 Å². The standard InChI is InChI=1S/C13H21ClN2O3/c1-10(2)13-15-11(14)9-12(17)16(13)5-8-19-7-4-6-18-3/h9-10H,4-8H2,1-3H3. The van der Waals surface area contributed by atoms with Gasteiger partial charge in [-0.05, 0) is 6.42 Å². The number of aromatic nitrogens is 2. The van der Waals surface area contributed by atoms with Crippen LogP contribution in [0.2, 0.25) is 5.15 Å². The van der Waals surface area contributed by atoms with Crippen molar-refractivity contribution < 1.29 is 9.47 Å². The van der Waals surface area contributed by atoms with Crippen LogP contribution in [-0.2, 0) is 16.0 Å². The molecule has 0 fully saturated rings. The van der Waals surface area contributed by atoms with E-state index in [0.717, 1.165) is 6.42 Å². The van der Waals surface area contributed by atoms with E-state index in [1.54, 1.807) is 11.7 Å². The molecule has 0 N–H and O–H groups in total. The fourth-order valence-electron chi connectivity index (χ4n) is 1.72. The summed E-state index contributed by atoms with van der Waals surface area (Å²) in [6.07, 6.45) is 0.849. The van der Waals surface area contributed by atoms with Gasteiger partial charge in [0, 0.05) is 32.3 Å². The molecule has 19 heavy (non-hydrogen) atoms. The fraction of sp³-hybridized carbons (Fsp3) is 0.692. The van der Waals surface area contributed by atoms with Crippen molar-refractivity contribution in [1.82, 2.24) is 9.55 Å². The summed E-state index contributed by atoms with van der Waals surface area (Å²) in [6, 6.07) is 1.33. The lowest BCUT2D eigenvalue weighted by Crippen LogP contribution is -2.27. The Labute approximate surface area is 118 Å². The van der Waals surface area contributed by atoms with Gasteiger partial charge in [-0.1, -0.05) is 25.4 Å². The Morgan fingerprint density at radius 2 is 2.11 bits per heavy atom.